The number of sulfonamides is 1. The number of benzene rings is 2. The lowest BCUT2D eigenvalue weighted by atomic mass is 9.98. The van der Waals surface area contributed by atoms with Crippen molar-refractivity contribution in [2.75, 3.05) is 32.9 Å². The van der Waals surface area contributed by atoms with Gasteiger partial charge in [-0.15, -0.1) is 4.40 Å². The SMILES string of the molecule is NC1=NS(=O)(=O)Cc2cccc(OC[C@H]3CCCN(C(=O)c4ccc5c(c4)OCCO5)C3)c21. The Morgan fingerprint density at radius 2 is 2.00 bits per heavy atom. The number of hydrogen-bond acceptors (Lipinski definition) is 7. The summed E-state index contributed by atoms with van der Waals surface area (Å²) in [7, 11) is -3.60. The zero-order valence-electron chi connectivity index (χ0n) is 18.0. The lowest BCUT2D eigenvalue weighted by molar-refractivity contribution is 0.0632. The number of fused-ring (bicyclic) bond motifs is 2. The lowest BCUT2D eigenvalue weighted by Gasteiger charge is -2.33. The van der Waals surface area contributed by atoms with Gasteiger partial charge in [0.2, 0.25) is 0 Å². The molecule has 1 saturated heterocycles. The van der Waals surface area contributed by atoms with Crippen LogP contribution in [0.5, 0.6) is 17.2 Å². The summed E-state index contributed by atoms with van der Waals surface area (Å²) in [6.07, 6.45) is 1.80. The Morgan fingerprint density at radius 3 is 2.85 bits per heavy atom. The number of hydrogen-bond donors (Lipinski definition) is 1. The molecule has 1 fully saturated rings. The number of amides is 1. The number of ether oxygens (including phenoxy) is 3. The number of carbonyl (C=O) groups excluding carboxylic acids is 1. The number of nitrogens with zero attached hydrogens (tertiary/aromatic N) is 2. The van der Waals surface area contributed by atoms with Crippen LogP contribution >= 0.6 is 0 Å². The normalized spacial score (nSPS) is 21.0. The third-order valence-corrected chi connectivity index (χ3v) is 7.16. The molecule has 0 saturated carbocycles. The second-order valence-electron chi connectivity index (χ2n) is 8.42. The molecule has 174 valence electrons. The predicted molar refractivity (Wildman–Crippen MR) is 121 cm³/mol. The van der Waals surface area contributed by atoms with E-state index in [1.807, 2.05) is 4.90 Å². The molecular formula is C23H25N3O6S. The van der Waals surface area contributed by atoms with Crippen LogP contribution in [0.15, 0.2) is 40.8 Å². The van der Waals surface area contributed by atoms with Gasteiger partial charge in [-0.05, 0) is 42.7 Å². The first kappa shape index (κ1) is 21.6. The van der Waals surface area contributed by atoms with Gasteiger partial charge in [0.1, 0.15) is 24.8 Å². The van der Waals surface area contributed by atoms with E-state index < -0.39 is 10.0 Å². The van der Waals surface area contributed by atoms with Gasteiger partial charge in [-0.1, -0.05) is 12.1 Å². The van der Waals surface area contributed by atoms with Crippen molar-refractivity contribution < 1.29 is 27.4 Å². The van der Waals surface area contributed by atoms with Gasteiger partial charge in [0.15, 0.2) is 11.5 Å². The molecule has 2 aromatic carbocycles. The van der Waals surface area contributed by atoms with E-state index in [1.165, 1.54) is 0 Å². The van der Waals surface area contributed by atoms with E-state index in [0.29, 0.717) is 66.8 Å². The maximum Gasteiger partial charge on any atom is 0.259 e. The molecule has 9 nitrogen and oxygen atoms in total. The van der Waals surface area contributed by atoms with Crippen LogP contribution in [0.25, 0.3) is 0 Å². The zero-order valence-corrected chi connectivity index (χ0v) is 18.8. The number of nitrogens with two attached hydrogens (primary N) is 1. The molecule has 5 rings (SSSR count). The summed E-state index contributed by atoms with van der Waals surface area (Å²) in [4.78, 5) is 14.9. The van der Waals surface area contributed by atoms with Crippen LogP contribution in [0.3, 0.4) is 0 Å². The van der Waals surface area contributed by atoms with Crippen LogP contribution in [0, 0.1) is 5.92 Å². The van der Waals surface area contributed by atoms with Crippen molar-refractivity contribution in [1.29, 1.82) is 0 Å². The van der Waals surface area contributed by atoms with Gasteiger partial charge in [-0.3, -0.25) is 4.79 Å². The third kappa shape index (κ3) is 4.47. The van der Waals surface area contributed by atoms with E-state index >= 15 is 0 Å². The molecule has 2 N–H and O–H groups in total. The van der Waals surface area contributed by atoms with Gasteiger partial charge in [-0.25, -0.2) is 8.42 Å². The van der Waals surface area contributed by atoms with Crippen molar-refractivity contribution >= 4 is 21.8 Å². The lowest BCUT2D eigenvalue weighted by Crippen LogP contribution is -2.41. The van der Waals surface area contributed by atoms with E-state index in [-0.39, 0.29) is 23.4 Å². The van der Waals surface area contributed by atoms with Crippen molar-refractivity contribution in [3.05, 3.63) is 53.1 Å². The van der Waals surface area contributed by atoms with E-state index in [0.717, 1.165) is 12.8 Å². The van der Waals surface area contributed by atoms with Gasteiger partial charge >= 0.3 is 0 Å². The molecule has 3 aliphatic rings. The molecule has 10 heteroatoms. The van der Waals surface area contributed by atoms with Crippen molar-refractivity contribution in [3.63, 3.8) is 0 Å². The average Bonchev–Trinajstić information content (AvgIpc) is 2.81. The standard InChI is InChI=1S/C23H25N3O6S/c24-22-21-17(14-33(28,29)25-22)4-1-5-19(21)32-13-15-3-2-8-26(12-15)23(27)16-6-7-18-20(11-16)31-10-9-30-18/h1,4-7,11,15H,2-3,8-10,12-14H2,(H2,24,25)/t15-/m0/s1. The number of piperidine rings is 1. The largest absolute Gasteiger partial charge is 0.492 e. The monoisotopic (exact) mass is 471 g/mol. The Hall–Kier alpha value is -3.27. The van der Waals surface area contributed by atoms with E-state index in [1.54, 1.807) is 36.4 Å². The summed E-state index contributed by atoms with van der Waals surface area (Å²) < 4.78 is 44.6. The second kappa shape index (κ2) is 8.58. The highest BCUT2D eigenvalue weighted by Crippen LogP contribution is 2.32. The van der Waals surface area contributed by atoms with E-state index in [2.05, 4.69) is 4.40 Å². The number of likely N-dealkylation sites (tertiary alicyclic amines) is 1. The molecular weight excluding hydrogens is 446 g/mol. The Labute approximate surface area is 192 Å². The van der Waals surface area contributed by atoms with Crippen LogP contribution in [0.4, 0.5) is 0 Å². The molecule has 3 heterocycles. The summed E-state index contributed by atoms with van der Waals surface area (Å²) in [5.41, 5.74) is 7.61. The zero-order chi connectivity index (χ0) is 23.0. The quantitative estimate of drug-likeness (QED) is 0.723. The third-order valence-electron chi connectivity index (χ3n) is 6.01. The van der Waals surface area contributed by atoms with Crippen molar-refractivity contribution in [2.24, 2.45) is 16.0 Å². The minimum Gasteiger partial charge on any atom is -0.492 e. The number of rotatable bonds is 4. The van der Waals surface area contributed by atoms with E-state index in [9.17, 15) is 13.2 Å². The van der Waals surface area contributed by atoms with Crippen LogP contribution in [0.1, 0.15) is 34.3 Å². The Kier molecular flexibility index (Phi) is 5.61. The highest BCUT2D eigenvalue weighted by molar-refractivity contribution is 7.89. The number of amidine groups is 1. The van der Waals surface area contributed by atoms with Crippen LogP contribution in [-0.4, -0.2) is 58.0 Å². The molecule has 0 bridgehead atoms. The average molecular weight is 472 g/mol. The second-order valence-corrected chi connectivity index (χ2v) is 10.1. The van der Waals surface area contributed by atoms with Gasteiger partial charge in [0.25, 0.3) is 15.9 Å². The first-order valence-corrected chi connectivity index (χ1v) is 12.5. The molecule has 0 unspecified atom stereocenters. The topological polar surface area (TPSA) is 121 Å². The van der Waals surface area contributed by atoms with E-state index in [4.69, 9.17) is 19.9 Å². The summed E-state index contributed by atoms with van der Waals surface area (Å²) in [5, 5.41) is 0. The molecule has 0 spiro atoms. The highest BCUT2D eigenvalue weighted by atomic mass is 32.2. The molecule has 0 aromatic heterocycles. The van der Waals surface area contributed by atoms with Crippen LogP contribution in [0.2, 0.25) is 0 Å². The summed E-state index contributed by atoms with van der Waals surface area (Å²) in [6.45, 7) is 2.62. The molecule has 0 radical (unpaired) electrons. The minimum atomic E-state index is -3.60. The van der Waals surface area contributed by atoms with Crippen molar-refractivity contribution in [3.8, 4) is 17.2 Å². The molecule has 1 amide bonds. The van der Waals surface area contributed by atoms with Crippen LogP contribution in [-0.2, 0) is 15.8 Å². The van der Waals surface area contributed by atoms with Crippen LogP contribution < -0.4 is 19.9 Å². The molecule has 1 atom stereocenters. The Balaban J connectivity index is 1.26. The summed E-state index contributed by atoms with van der Waals surface area (Å²) in [5.74, 6) is 1.62. The van der Waals surface area contributed by atoms with Crippen molar-refractivity contribution in [2.45, 2.75) is 18.6 Å². The fourth-order valence-corrected chi connectivity index (χ4v) is 5.57. The maximum absolute atomic E-state index is 13.1. The molecule has 33 heavy (non-hydrogen) atoms. The predicted octanol–water partition coefficient (Wildman–Crippen LogP) is 1.94. The Bertz CT molecular complexity index is 1230. The molecule has 0 aliphatic carbocycles. The van der Waals surface area contributed by atoms with Crippen molar-refractivity contribution in [1.82, 2.24) is 4.90 Å². The first-order valence-electron chi connectivity index (χ1n) is 10.9. The minimum absolute atomic E-state index is 0.0460. The maximum atomic E-state index is 13.1. The summed E-state index contributed by atoms with van der Waals surface area (Å²) in [6, 6.07) is 10.5. The fourth-order valence-electron chi connectivity index (χ4n) is 4.48. The molecule has 3 aliphatic heterocycles. The summed E-state index contributed by atoms with van der Waals surface area (Å²) >= 11 is 0. The van der Waals surface area contributed by atoms with Gasteiger partial charge < -0.3 is 24.8 Å². The fraction of sp³-hybridized carbons (Fsp3) is 0.391. The van der Waals surface area contributed by atoms with Gasteiger partial charge in [0.05, 0.1) is 17.9 Å². The van der Waals surface area contributed by atoms with Gasteiger partial charge in [0, 0.05) is 24.6 Å². The first-order chi connectivity index (χ1) is 15.9. The van der Waals surface area contributed by atoms with Gasteiger partial charge in [-0.2, -0.15) is 0 Å². The smallest absolute Gasteiger partial charge is 0.259 e. The number of carbonyl (C=O) groups is 1. The highest BCUT2D eigenvalue weighted by Gasteiger charge is 2.28. The Morgan fingerprint density at radius 1 is 1.18 bits per heavy atom. The molecule has 2 aromatic rings.